The molecule has 0 aliphatic carbocycles. The Bertz CT molecular complexity index is 684. The summed E-state index contributed by atoms with van der Waals surface area (Å²) in [4.78, 5) is 29.5. The van der Waals surface area contributed by atoms with Crippen LogP contribution in [0.4, 0.5) is 0 Å². The minimum Gasteiger partial charge on any atom is -0.480 e. The van der Waals surface area contributed by atoms with E-state index >= 15 is 0 Å². The van der Waals surface area contributed by atoms with E-state index in [1.807, 2.05) is 30.3 Å². The van der Waals surface area contributed by atoms with E-state index in [0.717, 1.165) is 14.9 Å². The van der Waals surface area contributed by atoms with Crippen molar-refractivity contribution in [3.05, 3.63) is 34.3 Å². The summed E-state index contributed by atoms with van der Waals surface area (Å²) in [6, 6.07) is 9.33. The third-order valence-corrected chi connectivity index (χ3v) is 3.73. The number of carbonyl (C=O) groups is 2. The first-order chi connectivity index (χ1) is 11.0. The molecule has 1 amide bonds. The number of carboxylic acid groups (broad SMARTS) is 1. The zero-order chi connectivity index (χ0) is 16.8. The molecular weight excluding hydrogens is 366 g/mol. The standard InChI is InChI=1S/C15H14BrN3O4/c16-11-4-1-3-10(7-11)12-8-13(23-18-12)15(22)19(6-2-5-17)9-14(20)21/h1,3-4,7,13H,2,6,8-9H2,(H,20,21). The van der Waals surface area contributed by atoms with E-state index in [1.165, 1.54) is 0 Å². The number of carboxylic acids is 1. The van der Waals surface area contributed by atoms with Crippen molar-refractivity contribution in [2.24, 2.45) is 5.16 Å². The molecule has 0 saturated heterocycles. The Balaban J connectivity index is 2.04. The Morgan fingerprint density at radius 3 is 2.96 bits per heavy atom. The number of nitriles is 1. The summed E-state index contributed by atoms with van der Waals surface area (Å²) in [6.45, 7) is -0.416. The Morgan fingerprint density at radius 1 is 1.52 bits per heavy atom. The molecule has 1 aliphatic heterocycles. The van der Waals surface area contributed by atoms with Crippen molar-refractivity contribution in [1.29, 1.82) is 5.26 Å². The zero-order valence-electron chi connectivity index (χ0n) is 12.1. The maximum atomic E-state index is 12.4. The van der Waals surface area contributed by atoms with Crippen molar-refractivity contribution >= 4 is 33.5 Å². The number of hydrogen-bond donors (Lipinski definition) is 1. The second-order valence-electron chi connectivity index (χ2n) is 4.91. The van der Waals surface area contributed by atoms with Crippen molar-refractivity contribution in [2.75, 3.05) is 13.1 Å². The lowest BCUT2D eigenvalue weighted by Gasteiger charge is -2.21. The summed E-state index contributed by atoms with van der Waals surface area (Å²) in [5, 5.41) is 21.4. The van der Waals surface area contributed by atoms with Gasteiger partial charge < -0.3 is 14.8 Å². The van der Waals surface area contributed by atoms with Crippen LogP contribution in [0.2, 0.25) is 0 Å². The van der Waals surface area contributed by atoms with E-state index < -0.39 is 24.5 Å². The lowest BCUT2D eigenvalue weighted by Crippen LogP contribution is -2.42. The number of carbonyl (C=O) groups excluding carboxylic acids is 1. The molecule has 0 saturated carbocycles. The summed E-state index contributed by atoms with van der Waals surface area (Å²) < 4.78 is 0.883. The van der Waals surface area contributed by atoms with Crippen LogP contribution in [0.5, 0.6) is 0 Å². The average Bonchev–Trinajstić information content (AvgIpc) is 3.00. The van der Waals surface area contributed by atoms with Crippen LogP contribution in [0.15, 0.2) is 33.9 Å². The number of halogens is 1. The van der Waals surface area contributed by atoms with Crippen LogP contribution in [0.25, 0.3) is 0 Å². The molecule has 1 aromatic rings. The molecule has 0 fully saturated rings. The monoisotopic (exact) mass is 379 g/mol. The largest absolute Gasteiger partial charge is 0.480 e. The number of rotatable bonds is 6. The molecule has 1 heterocycles. The predicted molar refractivity (Wildman–Crippen MR) is 84.6 cm³/mol. The number of amides is 1. The van der Waals surface area contributed by atoms with Gasteiger partial charge in [0, 0.05) is 23.0 Å². The highest BCUT2D eigenvalue weighted by Gasteiger charge is 2.33. The predicted octanol–water partition coefficient (Wildman–Crippen LogP) is 1.77. The van der Waals surface area contributed by atoms with Crippen molar-refractivity contribution in [3.63, 3.8) is 0 Å². The lowest BCUT2D eigenvalue weighted by atomic mass is 10.0. The number of aliphatic carboxylic acids is 1. The summed E-state index contributed by atoms with van der Waals surface area (Å²) in [6.07, 6.45) is -0.537. The van der Waals surface area contributed by atoms with Crippen LogP contribution in [-0.2, 0) is 14.4 Å². The van der Waals surface area contributed by atoms with E-state index in [-0.39, 0.29) is 19.4 Å². The fourth-order valence-corrected chi connectivity index (χ4v) is 2.57. The highest BCUT2D eigenvalue weighted by atomic mass is 79.9. The molecule has 1 unspecified atom stereocenters. The summed E-state index contributed by atoms with van der Waals surface area (Å²) in [5.41, 5.74) is 1.46. The molecule has 0 bridgehead atoms. The molecule has 120 valence electrons. The molecule has 1 aromatic carbocycles. The zero-order valence-corrected chi connectivity index (χ0v) is 13.7. The highest BCUT2D eigenvalue weighted by molar-refractivity contribution is 9.10. The molecule has 23 heavy (non-hydrogen) atoms. The lowest BCUT2D eigenvalue weighted by molar-refractivity contribution is -0.149. The van der Waals surface area contributed by atoms with E-state index in [1.54, 1.807) is 0 Å². The Labute approximate surface area is 141 Å². The maximum absolute atomic E-state index is 12.4. The van der Waals surface area contributed by atoms with Gasteiger partial charge in [0.25, 0.3) is 5.91 Å². The van der Waals surface area contributed by atoms with E-state index in [4.69, 9.17) is 15.2 Å². The van der Waals surface area contributed by atoms with Gasteiger partial charge in [-0.15, -0.1) is 0 Å². The molecular formula is C15H14BrN3O4. The first kappa shape index (κ1) is 17.0. The molecule has 0 spiro atoms. The first-order valence-electron chi connectivity index (χ1n) is 6.87. The molecule has 0 radical (unpaired) electrons. The Morgan fingerprint density at radius 2 is 2.30 bits per heavy atom. The van der Waals surface area contributed by atoms with Crippen molar-refractivity contribution < 1.29 is 19.5 Å². The van der Waals surface area contributed by atoms with E-state index in [9.17, 15) is 9.59 Å². The number of benzene rings is 1. The Kier molecular flexibility index (Phi) is 5.71. The summed E-state index contributed by atoms with van der Waals surface area (Å²) in [7, 11) is 0. The smallest absolute Gasteiger partial charge is 0.323 e. The van der Waals surface area contributed by atoms with Gasteiger partial charge in [0.05, 0.1) is 18.2 Å². The highest BCUT2D eigenvalue weighted by Crippen LogP contribution is 2.21. The SMILES string of the molecule is N#CCCN(CC(=O)O)C(=O)C1CC(c2cccc(Br)c2)=NO1. The Hall–Kier alpha value is -2.40. The summed E-state index contributed by atoms with van der Waals surface area (Å²) in [5.74, 6) is -1.61. The normalized spacial score (nSPS) is 16.2. The average molecular weight is 380 g/mol. The number of oxime groups is 1. The van der Waals surface area contributed by atoms with Crippen LogP contribution < -0.4 is 0 Å². The fourth-order valence-electron chi connectivity index (χ4n) is 2.17. The van der Waals surface area contributed by atoms with E-state index in [0.29, 0.717) is 5.71 Å². The number of nitrogens with zero attached hydrogens (tertiary/aromatic N) is 3. The van der Waals surface area contributed by atoms with Gasteiger partial charge in [-0.3, -0.25) is 9.59 Å². The summed E-state index contributed by atoms with van der Waals surface area (Å²) >= 11 is 3.37. The van der Waals surface area contributed by atoms with Gasteiger partial charge in [-0.25, -0.2) is 0 Å². The minimum atomic E-state index is -1.14. The van der Waals surface area contributed by atoms with Gasteiger partial charge in [-0.1, -0.05) is 33.2 Å². The molecule has 1 aliphatic rings. The van der Waals surface area contributed by atoms with E-state index in [2.05, 4.69) is 21.1 Å². The van der Waals surface area contributed by atoms with Gasteiger partial charge in [-0.2, -0.15) is 5.26 Å². The van der Waals surface area contributed by atoms with Gasteiger partial charge in [0.1, 0.15) is 6.54 Å². The van der Waals surface area contributed by atoms with Crippen LogP contribution in [-0.4, -0.2) is 46.8 Å². The molecule has 0 aromatic heterocycles. The van der Waals surface area contributed by atoms with Gasteiger partial charge in [0.15, 0.2) is 0 Å². The van der Waals surface area contributed by atoms with Crippen molar-refractivity contribution in [1.82, 2.24) is 4.90 Å². The molecule has 7 nitrogen and oxygen atoms in total. The quantitative estimate of drug-likeness (QED) is 0.810. The second kappa shape index (κ2) is 7.74. The third kappa shape index (κ3) is 4.53. The van der Waals surface area contributed by atoms with Crippen LogP contribution in [0.3, 0.4) is 0 Å². The van der Waals surface area contributed by atoms with Crippen LogP contribution in [0, 0.1) is 11.3 Å². The minimum absolute atomic E-state index is 0.0493. The van der Waals surface area contributed by atoms with Gasteiger partial charge in [0.2, 0.25) is 6.10 Å². The molecule has 2 rings (SSSR count). The van der Waals surface area contributed by atoms with Crippen molar-refractivity contribution in [3.8, 4) is 6.07 Å². The number of hydrogen-bond acceptors (Lipinski definition) is 5. The van der Waals surface area contributed by atoms with Gasteiger partial charge >= 0.3 is 5.97 Å². The third-order valence-electron chi connectivity index (χ3n) is 3.23. The van der Waals surface area contributed by atoms with Gasteiger partial charge in [-0.05, 0) is 12.1 Å². The molecule has 8 heteroatoms. The second-order valence-corrected chi connectivity index (χ2v) is 5.82. The molecule has 1 N–H and O–H groups in total. The maximum Gasteiger partial charge on any atom is 0.323 e. The van der Waals surface area contributed by atoms with Crippen LogP contribution in [0.1, 0.15) is 18.4 Å². The molecule has 1 atom stereocenters. The topological polar surface area (TPSA) is 103 Å². The van der Waals surface area contributed by atoms with Crippen molar-refractivity contribution in [2.45, 2.75) is 18.9 Å². The fraction of sp³-hybridized carbons (Fsp3) is 0.333. The van der Waals surface area contributed by atoms with Crippen LogP contribution >= 0.6 is 15.9 Å². The first-order valence-corrected chi connectivity index (χ1v) is 7.66.